The van der Waals surface area contributed by atoms with E-state index in [2.05, 4.69) is 61.5 Å². The Morgan fingerprint density at radius 2 is 1.77 bits per heavy atom. The number of rotatable bonds is 5. The van der Waals surface area contributed by atoms with Gasteiger partial charge in [-0.25, -0.2) is 0 Å². The average molecular weight is 402 g/mol. The molecule has 0 N–H and O–H groups in total. The summed E-state index contributed by atoms with van der Waals surface area (Å²) >= 11 is 9.94. The van der Waals surface area contributed by atoms with E-state index < -0.39 is 0 Å². The van der Waals surface area contributed by atoms with Crippen molar-refractivity contribution in [3.05, 3.63) is 58.4 Å². The summed E-state index contributed by atoms with van der Waals surface area (Å²) in [4.78, 5) is 7.21. The molecule has 26 heavy (non-hydrogen) atoms. The summed E-state index contributed by atoms with van der Waals surface area (Å²) in [7, 11) is 4.12. The molecule has 134 valence electrons. The molecule has 0 saturated carbocycles. The molecule has 0 amide bonds. The number of ether oxygens (including phenoxy) is 1. The third-order valence-corrected chi connectivity index (χ3v) is 6.82. The summed E-state index contributed by atoms with van der Waals surface area (Å²) < 4.78 is 5.88. The fourth-order valence-electron chi connectivity index (χ4n) is 3.00. The minimum absolute atomic E-state index is 0.650. The molecule has 4 rings (SSSR count). The zero-order valence-electron chi connectivity index (χ0n) is 14.8. The van der Waals surface area contributed by atoms with E-state index in [9.17, 15) is 0 Å². The first kappa shape index (κ1) is 18.1. The largest absolute Gasteiger partial charge is 0.375 e. The molecule has 0 aliphatic carbocycles. The van der Waals surface area contributed by atoms with E-state index in [4.69, 9.17) is 16.3 Å². The van der Waals surface area contributed by atoms with Crippen molar-refractivity contribution >= 4 is 34.7 Å². The normalized spacial score (nSPS) is 12.5. The molecule has 0 radical (unpaired) electrons. The Morgan fingerprint density at radius 3 is 2.62 bits per heavy atom. The topological polar surface area (TPSA) is 12.5 Å². The molecule has 2 heterocycles. The minimum atomic E-state index is 0.650. The highest BCUT2D eigenvalue weighted by molar-refractivity contribution is 7.99. The molecular weight excluding hydrogens is 382 g/mol. The van der Waals surface area contributed by atoms with E-state index in [-0.39, 0.29) is 0 Å². The molecule has 0 bridgehead atoms. The van der Waals surface area contributed by atoms with Gasteiger partial charge in [0.15, 0.2) is 0 Å². The van der Waals surface area contributed by atoms with Crippen LogP contribution in [0.2, 0.25) is 5.02 Å². The second kappa shape index (κ2) is 7.75. The quantitative estimate of drug-likeness (QED) is 0.365. The Kier molecular flexibility index (Phi) is 5.39. The van der Waals surface area contributed by atoms with Gasteiger partial charge in [-0.1, -0.05) is 41.6 Å². The Morgan fingerprint density at radius 1 is 0.962 bits per heavy atom. The lowest BCUT2D eigenvalue weighted by Gasteiger charge is -2.09. The highest BCUT2D eigenvalue weighted by Crippen LogP contribution is 2.51. The molecule has 0 atom stereocenters. The maximum Gasteiger partial charge on any atom is 0.0810 e. The third-order valence-electron chi connectivity index (χ3n) is 4.29. The van der Waals surface area contributed by atoms with Crippen LogP contribution in [0.4, 0.5) is 0 Å². The number of nitrogens with zero attached hydrogens (tertiary/aromatic N) is 1. The number of fused-ring (bicyclic) bond motifs is 5. The van der Waals surface area contributed by atoms with Crippen LogP contribution in [0.15, 0.2) is 58.3 Å². The second-order valence-corrected chi connectivity index (χ2v) is 9.21. The molecule has 1 aliphatic heterocycles. The van der Waals surface area contributed by atoms with Crippen LogP contribution in [0, 0.1) is 0 Å². The van der Waals surface area contributed by atoms with Crippen molar-refractivity contribution in [3.8, 4) is 21.6 Å². The molecule has 3 aromatic rings. The molecule has 0 saturated heterocycles. The van der Waals surface area contributed by atoms with Crippen molar-refractivity contribution in [1.29, 1.82) is 0 Å². The first-order chi connectivity index (χ1) is 12.6. The fraction of sp³-hybridized carbons (Fsp3) is 0.238. The van der Waals surface area contributed by atoms with Gasteiger partial charge in [-0.15, -0.1) is 11.3 Å². The highest BCUT2D eigenvalue weighted by Gasteiger charge is 2.22. The number of hydrogen-bond acceptors (Lipinski definition) is 4. The van der Waals surface area contributed by atoms with Gasteiger partial charge in [0.2, 0.25) is 0 Å². The highest BCUT2D eigenvalue weighted by atomic mass is 35.5. The van der Waals surface area contributed by atoms with Crippen LogP contribution in [-0.2, 0) is 11.3 Å². The van der Waals surface area contributed by atoms with Gasteiger partial charge in [-0.3, -0.25) is 0 Å². The van der Waals surface area contributed by atoms with Crippen LogP contribution in [0.5, 0.6) is 0 Å². The van der Waals surface area contributed by atoms with Crippen LogP contribution in [0.25, 0.3) is 21.6 Å². The van der Waals surface area contributed by atoms with Crippen molar-refractivity contribution in [2.24, 2.45) is 0 Å². The van der Waals surface area contributed by atoms with Gasteiger partial charge in [0.1, 0.15) is 0 Å². The summed E-state index contributed by atoms with van der Waals surface area (Å²) in [5.41, 5.74) is 3.79. The molecule has 1 aromatic heterocycles. The lowest BCUT2D eigenvalue weighted by molar-refractivity contribution is 0.107. The van der Waals surface area contributed by atoms with Gasteiger partial charge in [0.05, 0.1) is 13.2 Å². The van der Waals surface area contributed by atoms with Gasteiger partial charge in [0.25, 0.3) is 0 Å². The molecule has 0 spiro atoms. The first-order valence-corrected chi connectivity index (χ1v) is 10.6. The van der Waals surface area contributed by atoms with Gasteiger partial charge < -0.3 is 9.64 Å². The Bertz CT molecular complexity index is 936. The van der Waals surface area contributed by atoms with Crippen molar-refractivity contribution in [3.63, 3.8) is 0 Å². The van der Waals surface area contributed by atoms with Crippen LogP contribution < -0.4 is 0 Å². The fourth-order valence-corrected chi connectivity index (χ4v) is 5.45. The number of hydrogen-bond donors (Lipinski definition) is 0. The number of halogens is 1. The average Bonchev–Trinajstić information content (AvgIpc) is 2.99. The van der Waals surface area contributed by atoms with Crippen LogP contribution in [0.3, 0.4) is 0 Å². The van der Waals surface area contributed by atoms with Gasteiger partial charge in [-0.2, -0.15) is 0 Å². The zero-order chi connectivity index (χ0) is 18.1. The van der Waals surface area contributed by atoms with Crippen LogP contribution in [0.1, 0.15) is 4.88 Å². The second-order valence-electron chi connectivity index (χ2n) is 6.55. The SMILES string of the molecule is CN(C)CCOCc1cc2c(s1)-c1cc(Cl)ccc1Sc1ccccc1-2. The summed E-state index contributed by atoms with van der Waals surface area (Å²) in [6.45, 7) is 2.32. The predicted molar refractivity (Wildman–Crippen MR) is 113 cm³/mol. The lowest BCUT2D eigenvalue weighted by atomic mass is 10.0. The minimum Gasteiger partial charge on any atom is -0.375 e. The van der Waals surface area contributed by atoms with Crippen molar-refractivity contribution in [2.45, 2.75) is 16.4 Å². The van der Waals surface area contributed by atoms with E-state index >= 15 is 0 Å². The molecule has 0 unspecified atom stereocenters. The maximum absolute atomic E-state index is 6.31. The summed E-state index contributed by atoms with van der Waals surface area (Å²) in [6, 6.07) is 17.1. The smallest absolute Gasteiger partial charge is 0.0810 e. The standard InChI is InChI=1S/C21H20ClNOS2/c1-23(2)9-10-24-13-15-12-17-16-5-3-4-6-19(16)26-20-8-7-14(22)11-18(20)21(17)25-15/h3-8,11-12H,9-10,13H2,1-2H3. The van der Waals surface area contributed by atoms with Crippen LogP contribution in [-0.4, -0.2) is 32.1 Å². The van der Waals surface area contributed by atoms with Gasteiger partial charge >= 0.3 is 0 Å². The third kappa shape index (κ3) is 3.71. The zero-order valence-corrected chi connectivity index (χ0v) is 17.2. The van der Waals surface area contributed by atoms with Crippen molar-refractivity contribution in [1.82, 2.24) is 4.90 Å². The van der Waals surface area contributed by atoms with Crippen LogP contribution >= 0.6 is 34.7 Å². The summed E-state index contributed by atoms with van der Waals surface area (Å²) in [5, 5.41) is 0.776. The molecule has 5 heteroatoms. The molecule has 0 fully saturated rings. The number of benzene rings is 2. The monoisotopic (exact) mass is 401 g/mol. The predicted octanol–water partition coefficient (Wildman–Crippen LogP) is 6.28. The van der Waals surface area contributed by atoms with E-state index in [0.717, 1.165) is 18.2 Å². The van der Waals surface area contributed by atoms with Gasteiger partial charge in [0, 0.05) is 42.2 Å². The molecular formula is C21H20ClNOS2. The summed E-state index contributed by atoms with van der Waals surface area (Å²) in [6.07, 6.45) is 0. The molecule has 2 nitrogen and oxygen atoms in total. The van der Waals surface area contributed by atoms with E-state index in [1.54, 1.807) is 0 Å². The molecule has 1 aliphatic rings. The lowest BCUT2D eigenvalue weighted by Crippen LogP contribution is -2.17. The van der Waals surface area contributed by atoms with Crippen molar-refractivity contribution in [2.75, 3.05) is 27.2 Å². The van der Waals surface area contributed by atoms with E-state index in [0.29, 0.717) is 6.61 Å². The Labute approximate surface area is 167 Å². The van der Waals surface area contributed by atoms with E-state index in [1.807, 2.05) is 29.2 Å². The maximum atomic E-state index is 6.31. The van der Waals surface area contributed by atoms with Crippen molar-refractivity contribution < 1.29 is 4.74 Å². The Hall–Kier alpha value is -1.30. The first-order valence-electron chi connectivity index (χ1n) is 8.54. The molecule has 2 aromatic carbocycles. The number of thiophene rings is 1. The summed E-state index contributed by atoms with van der Waals surface area (Å²) in [5.74, 6) is 0. The Balaban J connectivity index is 1.73. The van der Waals surface area contributed by atoms with E-state index in [1.165, 1.54) is 36.2 Å². The van der Waals surface area contributed by atoms with Gasteiger partial charge in [-0.05, 0) is 50.0 Å². The number of likely N-dealkylation sites (N-methyl/N-ethyl adjacent to an activating group) is 1.